The Morgan fingerprint density at radius 1 is 1.20 bits per heavy atom. The largest absolute Gasteiger partial charge is 0.337 e. The van der Waals surface area contributed by atoms with Gasteiger partial charge in [0.25, 0.3) is 0 Å². The SMILES string of the molecule is CC(NC(=O)NCC1CN(C)CCN1C)c1ccc(C(C)(C)C)cc1. The van der Waals surface area contributed by atoms with E-state index in [-0.39, 0.29) is 17.5 Å². The Labute approximate surface area is 152 Å². The summed E-state index contributed by atoms with van der Waals surface area (Å²) in [6, 6.07) is 8.77. The molecule has 25 heavy (non-hydrogen) atoms. The molecule has 1 saturated heterocycles. The van der Waals surface area contributed by atoms with Gasteiger partial charge in [-0.1, -0.05) is 45.0 Å². The summed E-state index contributed by atoms with van der Waals surface area (Å²) in [5.41, 5.74) is 2.57. The first-order valence-corrected chi connectivity index (χ1v) is 9.20. The van der Waals surface area contributed by atoms with Gasteiger partial charge in [-0.05, 0) is 37.6 Å². The molecule has 0 radical (unpaired) electrons. The minimum absolute atomic E-state index is 0.0132. The van der Waals surface area contributed by atoms with Gasteiger partial charge in [0, 0.05) is 32.2 Å². The minimum atomic E-state index is -0.103. The molecule has 0 bridgehead atoms. The number of nitrogens with zero attached hydrogens (tertiary/aromatic N) is 2. The smallest absolute Gasteiger partial charge is 0.315 e. The van der Waals surface area contributed by atoms with E-state index in [2.05, 4.69) is 79.6 Å². The average molecular weight is 347 g/mol. The van der Waals surface area contributed by atoms with Crippen molar-refractivity contribution in [1.29, 1.82) is 0 Å². The lowest BCUT2D eigenvalue weighted by molar-refractivity contribution is 0.114. The monoisotopic (exact) mass is 346 g/mol. The number of carbonyl (C=O) groups excluding carboxylic acids is 1. The molecule has 2 unspecified atom stereocenters. The molecule has 5 heteroatoms. The summed E-state index contributed by atoms with van der Waals surface area (Å²) >= 11 is 0. The van der Waals surface area contributed by atoms with Crippen LogP contribution in [0.4, 0.5) is 4.79 Å². The second-order valence-electron chi connectivity index (χ2n) is 8.34. The quantitative estimate of drug-likeness (QED) is 0.881. The number of benzene rings is 1. The topological polar surface area (TPSA) is 47.6 Å². The average Bonchev–Trinajstić information content (AvgIpc) is 2.55. The van der Waals surface area contributed by atoms with E-state index in [1.165, 1.54) is 5.56 Å². The normalized spacial score (nSPS) is 21.0. The first-order valence-electron chi connectivity index (χ1n) is 9.20. The molecule has 2 rings (SSSR count). The fourth-order valence-electron chi connectivity index (χ4n) is 3.14. The van der Waals surface area contributed by atoms with E-state index in [4.69, 9.17) is 0 Å². The van der Waals surface area contributed by atoms with Gasteiger partial charge in [-0.25, -0.2) is 4.79 Å². The molecule has 1 fully saturated rings. The predicted octanol–water partition coefficient (Wildman–Crippen LogP) is 2.59. The molecule has 1 aromatic carbocycles. The van der Waals surface area contributed by atoms with Crippen molar-refractivity contribution in [3.8, 4) is 0 Å². The zero-order valence-corrected chi connectivity index (χ0v) is 16.6. The summed E-state index contributed by atoms with van der Waals surface area (Å²) < 4.78 is 0. The van der Waals surface area contributed by atoms with Gasteiger partial charge in [0.05, 0.1) is 6.04 Å². The van der Waals surface area contributed by atoms with E-state index in [0.29, 0.717) is 12.6 Å². The number of hydrogen-bond donors (Lipinski definition) is 2. The van der Waals surface area contributed by atoms with Crippen molar-refractivity contribution in [1.82, 2.24) is 20.4 Å². The van der Waals surface area contributed by atoms with Crippen LogP contribution in [0.5, 0.6) is 0 Å². The predicted molar refractivity (Wildman–Crippen MR) is 104 cm³/mol. The van der Waals surface area contributed by atoms with Crippen LogP contribution in [-0.4, -0.2) is 62.1 Å². The second-order valence-corrected chi connectivity index (χ2v) is 8.34. The van der Waals surface area contributed by atoms with Crippen LogP contribution < -0.4 is 10.6 Å². The van der Waals surface area contributed by atoms with Crippen LogP contribution in [0.25, 0.3) is 0 Å². The van der Waals surface area contributed by atoms with Crippen molar-refractivity contribution in [3.05, 3.63) is 35.4 Å². The summed E-state index contributed by atoms with van der Waals surface area (Å²) in [5.74, 6) is 0. The molecule has 2 atom stereocenters. The number of piperazine rings is 1. The third-order valence-corrected chi connectivity index (χ3v) is 5.10. The zero-order chi connectivity index (χ0) is 18.6. The summed E-state index contributed by atoms with van der Waals surface area (Å²) in [6.07, 6.45) is 0. The van der Waals surface area contributed by atoms with Crippen molar-refractivity contribution in [2.45, 2.75) is 45.2 Å². The van der Waals surface area contributed by atoms with Crippen LogP contribution in [0.2, 0.25) is 0 Å². The molecule has 0 spiro atoms. The molecule has 1 aliphatic rings. The van der Waals surface area contributed by atoms with Crippen molar-refractivity contribution >= 4 is 6.03 Å². The molecule has 140 valence electrons. The maximum atomic E-state index is 12.2. The van der Waals surface area contributed by atoms with Gasteiger partial charge in [0.15, 0.2) is 0 Å². The zero-order valence-electron chi connectivity index (χ0n) is 16.6. The Morgan fingerprint density at radius 3 is 2.44 bits per heavy atom. The lowest BCUT2D eigenvalue weighted by atomic mass is 9.86. The van der Waals surface area contributed by atoms with Crippen LogP contribution >= 0.6 is 0 Å². The lowest BCUT2D eigenvalue weighted by Crippen LogP contribution is -2.55. The Kier molecular flexibility index (Phi) is 6.47. The Hall–Kier alpha value is -1.59. The maximum absolute atomic E-state index is 12.2. The molecule has 5 nitrogen and oxygen atoms in total. The fraction of sp³-hybridized carbons (Fsp3) is 0.650. The van der Waals surface area contributed by atoms with E-state index < -0.39 is 0 Å². The fourth-order valence-corrected chi connectivity index (χ4v) is 3.14. The van der Waals surface area contributed by atoms with Gasteiger partial charge in [-0.15, -0.1) is 0 Å². The highest BCUT2D eigenvalue weighted by Gasteiger charge is 2.22. The number of urea groups is 1. The van der Waals surface area contributed by atoms with Crippen LogP contribution in [-0.2, 0) is 5.41 Å². The van der Waals surface area contributed by atoms with Crippen molar-refractivity contribution in [2.75, 3.05) is 40.3 Å². The number of likely N-dealkylation sites (N-methyl/N-ethyl adjacent to an activating group) is 2. The third-order valence-electron chi connectivity index (χ3n) is 5.10. The minimum Gasteiger partial charge on any atom is -0.337 e. The van der Waals surface area contributed by atoms with Crippen molar-refractivity contribution in [2.24, 2.45) is 0 Å². The number of hydrogen-bond acceptors (Lipinski definition) is 3. The summed E-state index contributed by atoms with van der Waals surface area (Å²) in [6.45, 7) is 12.4. The van der Waals surface area contributed by atoms with Crippen LogP contribution in [0.1, 0.15) is 44.9 Å². The van der Waals surface area contributed by atoms with E-state index in [0.717, 1.165) is 25.2 Å². The molecule has 0 aliphatic carbocycles. The van der Waals surface area contributed by atoms with Crippen molar-refractivity contribution in [3.63, 3.8) is 0 Å². The highest BCUT2D eigenvalue weighted by Crippen LogP contribution is 2.23. The first-order chi connectivity index (χ1) is 11.7. The number of carbonyl (C=O) groups is 1. The van der Waals surface area contributed by atoms with Crippen LogP contribution in [0.15, 0.2) is 24.3 Å². The van der Waals surface area contributed by atoms with E-state index in [1.807, 2.05) is 6.92 Å². The molecule has 0 aromatic heterocycles. The molecule has 0 saturated carbocycles. The summed E-state index contributed by atoms with van der Waals surface area (Å²) in [5, 5.41) is 6.06. The van der Waals surface area contributed by atoms with Crippen LogP contribution in [0.3, 0.4) is 0 Å². The van der Waals surface area contributed by atoms with Gasteiger partial charge in [-0.3, -0.25) is 4.90 Å². The lowest BCUT2D eigenvalue weighted by Gasteiger charge is -2.37. The van der Waals surface area contributed by atoms with Crippen LogP contribution in [0, 0.1) is 0 Å². The van der Waals surface area contributed by atoms with Gasteiger partial charge in [0.2, 0.25) is 0 Å². The molecular weight excluding hydrogens is 312 g/mol. The highest BCUT2D eigenvalue weighted by molar-refractivity contribution is 5.74. The number of amides is 2. The van der Waals surface area contributed by atoms with E-state index in [1.54, 1.807) is 0 Å². The second kappa shape index (κ2) is 8.19. The number of rotatable bonds is 4. The molecular formula is C20H34N4O. The third kappa shape index (κ3) is 5.72. The first kappa shape index (κ1) is 19.7. The van der Waals surface area contributed by atoms with E-state index >= 15 is 0 Å². The summed E-state index contributed by atoms with van der Waals surface area (Å²) in [4.78, 5) is 16.9. The standard InChI is InChI=1S/C20H34N4O/c1-15(16-7-9-17(10-8-16)20(2,3)4)22-19(25)21-13-18-14-23(5)11-12-24(18)6/h7-10,15,18H,11-14H2,1-6H3,(H2,21,22,25). The van der Waals surface area contributed by atoms with Gasteiger partial charge in [-0.2, -0.15) is 0 Å². The molecule has 1 heterocycles. The Balaban J connectivity index is 1.83. The maximum Gasteiger partial charge on any atom is 0.315 e. The summed E-state index contributed by atoms with van der Waals surface area (Å²) in [7, 11) is 4.25. The Morgan fingerprint density at radius 2 is 1.84 bits per heavy atom. The van der Waals surface area contributed by atoms with Gasteiger partial charge >= 0.3 is 6.03 Å². The van der Waals surface area contributed by atoms with Gasteiger partial charge in [0.1, 0.15) is 0 Å². The van der Waals surface area contributed by atoms with Gasteiger partial charge < -0.3 is 15.5 Å². The molecule has 1 aliphatic heterocycles. The molecule has 1 aromatic rings. The molecule has 2 N–H and O–H groups in total. The number of nitrogens with one attached hydrogen (secondary N) is 2. The van der Waals surface area contributed by atoms with Crippen molar-refractivity contribution < 1.29 is 4.79 Å². The van der Waals surface area contributed by atoms with E-state index in [9.17, 15) is 4.79 Å². The Bertz CT molecular complexity index is 564. The highest BCUT2D eigenvalue weighted by atomic mass is 16.2. The molecule has 2 amide bonds.